The molecule has 29 heavy (non-hydrogen) atoms. The van der Waals surface area contributed by atoms with E-state index in [1.807, 2.05) is 74.5 Å². The van der Waals surface area contributed by atoms with Crippen LogP contribution in [0.4, 0.5) is 0 Å². The normalized spacial score (nSPS) is 10.5. The van der Waals surface area contributed by atoms with Crippen molar-refractivity contribution in [1.82, 2.24) is 0 Å². The first-order valence-corrected chi connectivity index (χ1v) is 10.3. The first-order valence-electron chi connectivity index (χ1n) is 10.3. The average Bonchev–Trinajstić information content (AvgIpc) is 2.72. The summed E-state index contributed by atoms with van der Waals surface area (Å²) in [5.74, 6) is 2.27. The Hall–Kier alpha value is -2.88. The molecule has 0 aromatic heterocycles. The van der Waals surface area contributed by atoms with Crippen LogP contribution in [0.3, 0.4) is 0 Å². The standard InChI is InChI=1S/C25H29BO3/c1-5-6-14-22-15-11-18-25(21(22)4)29-26(27-23-16-9-7-12-19(23)2)28-24-17-10-8-13-20(24)3/h7-13,15-18H,5-6,14H2,1-4H3. The molecular formula is C25H29BO3. The summed E-state index contributed by atoms with van der Waals surface area (Å²) in [6, 6.07) is 21.9. The van der Waals surface area contributed by atoms with Gasteiger partial charge in [-0.3, -0.25) is 0 Å². The van der Waals surface area contributed by atoms with Crippen molar-refractivity contribution in [1.29, 1.82) is 0 Å². The summed E-state index contributed by atoms with van der Waals surface area (Å²) in [4.78, 5) is 0. The van der Waals surface area contributed by atoms with E-state index < -0.39 is 7.32 Å². The second kappa shape index (κ2) is 10.1. The van der Waals surface area contributed by atoms with Gasteiger partial charge in [0.1, 0.15) is 17.2 Å². The van der Waals surface area contributed by atoms with Gasteiger partial charge in [0.05, 0.1) is 0 Å². The minimum Gasteiger partial charge on any atom is -0.489 e. The lowest BCUT2D eigenvalue weighted by Crippen LogP contribution is -2.37. The Labute approximate surface area is 174 Å². The number of hydrogen-bond donors (Lipinski definition) is 0. The fraction of sp³-hybridized carbons (Fsp3) is 0.280. The van der Waals surface area contributed by atoms with Gasteiger partial charge < -0.3 is 14.0 Å². The van der Waals surface area contributed by atoms with Crippen molar-refractivity contribution in [2.24, 2.45) is 0 Å². The van der Waals surface area contributed by atoms with E-state index in [1.54, 1.807) is 0 Å². The molecular weight excluding hydrogens is 359 g/mol. The maximum atomic E-state index is 6.24. The van der Waals surface area contributed by atoms with Crippen molar-refractivity contribution in [3.63, 3.8) is 0 Å². The zero-order chi connectivity index (χ0) is 20.6. The summed E-state index contributed by atoms with van der Waals surface area (Å²) in [6.45, 7) is 8.32. The lowest BCUT2D eigenvalue weighted by Gasteiger charge is -2.20. The van der Waals surface area contributed by atoms with Gasteiger partial charge in [0.25, 0.3) is 0 Å². The number of hydrogen-bond acceptors (Lipinski definition) is 3. The molecule has 0 bridgehead atoms. The molecule has 150 valence electrons. The minimum absolute atomic E-state index is 0.742. The summed E-state index contributed by atoms with van der Waals surface area (Å²) in [5.41, 5.74) is 4.49. The maximum Gasteiger partial charge on any atom is 0.864 e. The van der Waals surface area contributed by atoms with Crippen LogP contribution in [0.5, 0.6) is 17.2 Å². The van der Waals surface area contributed by atoms with E-state index in [0.29, 0.717) is 0 Å². The van der Waals surface area contributed by atoms with Crippen molar-refractivity contribution in [2.45, 2.75) is 47.0 Å². The predicted molar refractivity (Wildman–Crippen MR) is 120 cm³/mol. The lowest BCUT2D eigenvalue weighted by atomic mass is 10.0. The third-order valence-electron chi connectivity index (χ3n) is 5.05. The molecule has 3 aromatic carbocycles. The van der Waals surface area contributed by atoms with Crippen LogP contribution in [0.25, 0.3) is 0 Å². The molecule has 0 saturated heterocycles. The van der Waals surface area contributed by atoms with Gasteiger partial charge >= 0.3 is 7.32 Å². The second-order valence-corrected chi connectivity index (χ2v) is 7.32. The summed E-state index contributed by atoms with van der Waals surface area (Å²) in [6.07, 6.45) is 3.37. The van der Waals surface area contributed by atoms with Gasteiger partial charge in [0.15, 0.2) is 0 Å². The number of benzene rings is 3. The predicted octanol–water partition coefficient (Wildman–Crippen LogP) is 6.48. The fourth-order valence-electron chi connectivity index (χ4n) is 3.19. The number of unbranched alkanes of at least 4 members (excludes halogenated alkanes) is 1. The van der Waals surface area contributed by atoms with Gasteiger partial charge in [0.2, 0.25) is 0 Å². The Kier molecular flexibility index (Phi) is 7.23. The molecule has 0 aliphatic rings. The molecule has 4 heteroatoms. The van der Waals surface area contributed by atoms with Gasteiger partial charge in [-0.25, -0.2) is 0 Å². The molecule has 0 N–H and O–H groups in total. The molecule has 0 atom stereocenters. The van der Waals surface area contributed by atoms with Crippen LogP contribution in [0.1, 0.15) is 42.0 Å². The Bertz CT molecular complexity index is 891. The molecule has 3 aromatic rings. The molecule has 0 aliphatic heterocycles. The monoisotopic (exact) mass is 388 g/mol. The van der Waals surface area contributed by atoms with Crippen molar-refractivity contribution in [3.05, 3.63) is 89.0 Å². The van der Waals surface area contributed by atoms with Gasteiger partial charge in [-0.15, -0.1) is 0 Å². The van der Waals surface area contributed by atoms with Gasteiger partial charge in [-0.05, 0) is 74.1 Å². The zero-order valence-electron chi connectivity index (χ0n) is 17.8. The number of para-hydroxylation sites is 2. The SMILES string of the molecule is CCCCc1cccc(OB(Oc2ccccc2C)Oc2ccccc2C)c1C. The first kappa shape index (κ1) is 20.8. The van der Waals surface area contributed by atoms with Crippen LogP contribution in [0, 0.1) is 20.8 Å². The van der Waals surface area contributed by atoms with Crippen LogP contribution < -0.4 is 14.0 Å². The van der Waals surface area contributed by atoms with E-state index in [0.717, 1.165) is 46.8 Å². The van der Waals surface area contributed by atoms with Crippen molar-refractivity contribution < 1.29 is 14.0 Å². The van der Waals surface area contributed by atoms with Gasteiger partial charge in [-0.2, -0.15) is 0 Å². The molecule has 3 nitrogen and oxygen atoms in total. The van der Waals surface area contributed by atoms with Crippen molar-refractivity contribution in [3.8, 4) is 17.2 Å². The number of rotatable bonds is 9. The molecule has 0 unspecified atom stereocenters. The van der Waals surface area contributed by atoms with E-state index in [4.69, 9.17) is 14.0 Å². The van der Waals surface area contributed by atoms with E-state index in [9.17, 15) is 0 Å². The summed E-state index contributed by atoms with van der Waals surface area (Å²) < 4.78 is 18.5. The Morgan fingerprint density at radius 1 is 0.655 bits per heavy atom. The molecule has 0 amide bonds. The largest absolute Gasteiger partial charge is 0.864 e. The highest BCUT2D eigenvalue weighted by molar-refractivity contribution is 6.39. The fourth-order valence-corrected chi connectivity index (χ4v) is 3.19. The Morgan fingerprint density at radius 3 is 1.72 bits per heavy atom. The van der Waals surface area contributed by atoms with E-state index in [-0.39, 0.29) is 0 Å². The molecule has 0 spiro atoms. The number of aryl methyl sites for hydroxylation is 3. The van der Waals surface area contributed by atoms with Crippen LogP contribution in [0.15, 0.2) is 66.7 Å². The third-order valence-corrected chi connectivity index (χ3v) is 5.05. The zero-order valence-corrected chi connectivity index (χ0v) is 17.8. The highest BCUT2D eigenvalue weighted by Gasteiger charge is 2.32. The van der Waals surface area contributed by atoms with Crippen LogP contribution in [-0.2, 0) is 6.42 Å². The summed E-state index contributed by atoms with van der Waals surface area (Å²) in [7, 11) is -0.891. The topological polar surface area (TPSA) is 27.7 Å². The first-order chi connectivity index (χ1) is 14.1. The molecule has 0 aliphatic carbocycles. The van der Waals surface area contributed by atoms with Crippen molar-refractivity contribution in [2.75, 3.05) is 0 Å². The van der Waals surface area contributed by atoms with Crippen molar-refractivity contribution >= 4 is 7.32 Å². The van der Waals surface area contributed by atoms with E-state index >= 15 is 0 Å². The molecule has 0 saturated carbocycles. The molecule has 3 rings (SSSR count). The smallest absolute Gasteiger partial charge is 0.489 e. The quantitative estimate of drug-likeness (QED) is 0.393. The third kappa shape index (κ3) is 5.57. The molecule has 0 heterocycles. The molecule has 0 radical (unpaired) electrons. The van der Waals surface area contributed by atoms with Gasteiger partial charge in [-0.1, -0.05) is 61.9 Å². The highest BCUT2D eigenvalue weighted by Crippen LogP contribution is 2.26. The Morgan fingerprint density at radius 2 is 1.17 bits per heavy atom. The van der Waals surface area contributed by atoms with Crippen LogP contribution in [-0.4, -0.2) is 7.32 Å². The van der Waals surface area contributed by atoms with E-state index in [1.165, 1.54) is 12.0 Å². The minimum atomic E-state index is -0.891. The van der Waals surface area contributed by atoms with E-state index in [2.05, 4.69) is 19.9 Å². The Balaban J connectivity index is 1.87. The summed E-state index contributed by atoms with van der Waals surface area (Å²) >= 11 is 0. The van der Waals surface area contributed by atoms with Crippen LogP contribution >= 0.6 is 0 Å². The highest BCUT2D eigenvalue weighted by atomic mass is 16.7. The van der Waals surface area contributed by atoms with Crippen LogP contribution in [0.2, 0.25) is 0 Å². The van der Waals surface area contributed by atoms with Gasteiger partial charge in [0, 0.05) is 0 Å². The lowest BCUT2D eigenvalue weighted by molar-refractivity contribution is 0.304. The average molecular weight is 388 g/mol. The summed E-state index contributed by atoms with van der Waals surface area (Å²) in [5, 5.41) is 0. The maximum absolute atomic E-state index is 6.24. The molecule has 0 fully saturated rings. The second-order valence-electron chi connectivity index (χ2n) is 7.32.